The van der Waals surface area contributed by atoms with E-state index in [0.717, 1.165) is 10.5 Å². The van der Waals surface area contributed by atoms with E-state index in [1.165, 1.54) is 24.3 Å². The van der Waals surface area contributed by atoms with Crippen molar-refractivity contribution < 1.29 is 31.9 Å². The SMILES string of the molecule is CC(C)C(NC(=O)c1ccc(Br)o1)C(=O)NC1CCCN(S(=O)(=O)c2cccc[n+]2[O-])CC1=O. The van der Waals surface area contributed by atoms with Crippen LogP contribution in [0.1, 0.15) is 37.2 Å². The summed E-state index contributed by atoms with van der Waals surface area (Å²) in [5, 5.41) is 16.7. The van der Waals surface area contributed by atoms with Crippen molar-refractivity contribution in [3.63, 3.8) is 0 Å². The van der Waals surface area contributed by atoms with Gasteiger partial charge in [0.2, 0.25) is 5.91 Å². The van der Waals surface area contributed by atoms with E-state index >= 15 is 0 Å². The number of ketones is 1. The van der Waals surface area contributed by atoms with Crippen molar-refractivity contribution in [2.75, 3.05) is 13.1 Å². The zero-order chi connectivity index (χ0) is 25.0. The van der Waals surface area contributed by atoms with Crippen molar-refractivity contribution in [2.45, 2.75) is 43.8 Å². The molecule has 1 aliphatic rings. The highest BCUT2D eigenvalue weighted by atomic mass is 79.9. The Balaban J connectivity index is 1.69. The van der Waals surface area contributed by atoms with Gasteiger partial charge in [-0.25, -0.2) is 8.42 Å². The maximum Gasteiger partial charge on any atom is 0.323 e. The van der Waals surface area contributed by atoms with Crippen molar-refractivity contribution in [2.24, 2.45) is 5.92 Å². The molecule has 2 atom stereocenters. The molecule has 2 aromatic rings. The molecule has 2 N–H and O–H groups in total. The summed E-state index contributed by atoms with van der Waals surface area (Å²) in [6.45, 7) is 3.02. The number of nitrogens with one attached hydrogen (secondary N) is 2. The monoisotopic (exact) mass is 556 g/mol. The third-order valence-corrected chi connectivity index (χ3v) is 7.63. The minimum absolute atomic E-state index is 0.0209. The second-order valence-electron chi connectivity index (χ2n) is 8.17. The van der Waals surface area contributed by atoms with Crippen LogP contribution in [0.2, 0.25) is 0 Å². The van der Waals surface area contributed by atoms with Crippen LogP contribution in [0.3, 0.4) is 0 Å². The summed E-state index contributed by atoms with van der Waals surface area (Å²) < 4.78 is 32.5. The van der Waals surface area contributed by atoms with Gasteiger partial charge in [0.15, 0.2) is 22.4 Å². The fourth-order valence-corrected chi connectivity index (χ4v) is 5.32. The number of furan rings is 1. The van der Waals surface area contributed by atoms with Crippen LogP contribution in [-0.4, -0.2) is 55.5 Å². The summed E-state index contributed by atoms with van der Waals surface area (Å²) in [5.74, 6) is -1.94. The highest BCUT2D eigenvalue weighted by Crippen LogP contribution is 2.18. The van der Waals surface area contributed by atoms with Gasteiger partial charge in [-0.2, -0.15) is 9.04 Å². The number of amides is 2. The van der Waals surface area contributed by atoms with E-state index in [1.807, 2.05) is 0 Å². The first-order chi connectivity index (χ1) is 16.0. The smallest absolute Gasteiger partial charge is 0.323 e. The average molecular weight is 557 g/mol. The number of hydrogen-bond acceptors (Lipinski definition) is 7. The number of pyridine rings is 1. The minimum Gasteiger partial charge on any atom is -0.618 e. The topological polar surface area (TPSA) is 153 Å². The number of nitrogens with zero attached hydrogens (tertiary/aromatic N) is 2. The van der Waals surface area contributed by atoms with Crippen molar-refractivity contribution in [1.82, 2.24) is 14.9 Å². The molecule has 1 saturated heterocycles. The van der Waals surface area contributed by atoms with Gasteiger partial charge in [0, 0.05) is 18.7 Å². The van der Waals surface area contributed by atoms with Crippen molar-refractivity contribution in [3.8, 4) is 0 Å². The van der Waals surface area contributed by atoms with E-state index in [1.54, 1.807) is 19.9 Å². The third kappa shape index (κ3) is 5.83. The lowest BCUT2D eigenvalue weighted by molar-refractivity contribution is -0.646. The summed E-state index contributed by atoms with van der Waals surface area (Å²) in [6.07, 6.45) is 1.57. The number of sulfonamides is 1. The summed E-state index contributed by atoms with van der Waals surface area (Å²) in [5.41, 5.74) is 0. The van der Waals surface area contributed by atoms with Crippen LogP contribution in [0.5, 0.6) is 0 Å². The fourth-order valence-electron chi connectivity index (χ4n) is 3.54. The lowest BCUT2D eigenvalue weighted by Gasteiger charge is -2.24. The molecule has 2 aromatic heterocycles. The van der Waals surface area contributed by atoms with Gasteiger partial charge in [-0.3, -0.25) is 14.4 Å². The number of rotatable bonds is 7. The number of carbonyl (C=O) groups is 3. The molecule has 34 heavy (non-hydrogen) atoms. The Morgan fingerprint density at radius 3 is 2.62 bits per heavy atom. The number of Topliss-reactive ketones (excluding diaryl/α,β-unsaturated/α-hetero) is 1. The minimum atomic E-state index is -4.20. The lowest BCUT2D eigenvalue weighted by atomic mass is 10.0. The summed E-state index contributed by atoms with van der Waals surface area (Å²) >= 11 is 3.11. The van der Waals surface area contributed by atoms with Crippen LogP contribution in [0.15, 0.2) is 50.6 Å². The standard InChI is InChI=1S/C21H25BrN4O7S/c1-13(2)19(24-20(28)16-8-9-17(22)33-16)21(29)23-14-6-5-10-25(12-15(14)27)34(31,32)18-7-3-4-11-26(18)30/h3-4,7-9,11,13-14,19H,5-6,10,12H2,1-2H3,(H,23,29)(H,24,28). The first-order valence-electron chi connectivity index (χ1n) is 10.6. The Morgan fingerprint density at radius 2 is 2.00 bits per heavy atom. The van der Waals surface area contributed by atoms with Gasteiger partial charge >= 0.3 is 15.0 Å². The van der Waals surface area contributed by atoms with Crippen molar-refractivity contribution in [1.29, 1.82) is 0 Å². The van der Waals surface area contributed by atoms with E-state index in [9.17, 15) is 28.0 Å². The summed E-state index contributed by atoms with van der Waals surface area (Å²) in [6, 6.07) is 5.12. The Morgan fingerprint density at radius 1 is 1.26 bits per heavy atom. The van der Waals surface area contributed by atoms with Crippen molar-refractivity contribution >= 4 is 43.6 Å². The van der Waals surface area contributed by atoms with Crippen LogP contribution < -0.4 is 15.4 Å². The Bertz CT molecular complexity index is 1180. The Kier molecular flexibility index (Phi) is 8.10. The second kappa shape index (κ2) is 10.7. The number of hydrogen-bond donors (Lipinski definition) is 2. The van der Waals surface area contributed by atoms with Crippen molar-refractivity contribution in [3.05, 3.63) is 52.2 Å². The van der Waals surface area contributed by atoms with Gasteiger partial charge in [0.25, 0.3) is 5.91 Å². The van der Waals surface area contributed by atoms with E-state index < -0.39 is 51.3 Å². The average Bonchev–Trinajstić information content (AvgIpc) is 3.12. The van der Waals surface area contributed by atoms with Crippen LogP contribution in [0.4, 0.5) is 0 Å². The largest absolute Gasteiger partial charge is 0.618 e. The van der Waals surface area contributed by atoms with Gasteiger partial charge in [-0.1, -0.05) is 13.8 Å². The van der Waals surface area contributed by atoms with E-state index in [4.69, 9.17) is 4.42 Å². The zero-order valence-corrected chi connectivity index (χ0v) is 21.0. The molecule has 3 rings (SSSR count). The second-order valence-corrected chi connectivity index (χ2v) is 10.8. The van der Waals surface area contributed by atoms with Gasteiger partial charge in [-0.15, -0.1) is 0 Å². The van der Waals surface area contributed by atoms with Crippen LogP contribution in [-0.2, 0) is 19.6 Å². The van der Waals surface area contributed by atoms with Gasteiger partial charge < -0.3 is 20.3 Å². The van der Waals surface area contributed by atoms with Gasteiger partial charge in [0.1, 0.15) is 6.04 Å². The predicted octanol–water partition coefficient (Wildman–Crippen LogP) is 0.969. The molecule has 0 radical (unpaired) electrons. The predicted molar refractivity (Wildman–Crippen MR) is 123 cm³/mol. The molecule has 0 bridgehead atoms. The summed E-state index contributed by atoms with van der Waals surface area (Å²) in [4.78, 5) is 38.2. The quantitative estimate of drug-likeness (QED) is 0.380. The molecule has 3 heterocycles. The molecular weight excluding hydrogens is 532 g/mol. The first-order valence-corrected chi connectivity index (χ1v) is 12.8. The van der Waals surface area contributed by atoms with Gasteiger partial charge in [0.05, 0.1) is 12.6 Å². The molecule has 2 amide bonds. The van der Waals surface area contributed by atoms with Crippen LogP contribution in [0, 0.1) is 11.1 Å². The molecule has 0 saturated carbocycles. The molecular formula is C21H25BrN4O7S. The highest BCUT2D eigenvalue weighted by Gasteiger charge is 2.37. The fraction of sp³-hybridized carbons (Fsp3) is 0.429. The number of halogens is 1. The van der Waals surface area contributed by atoms with E-state index in [2.05, 4.69) is 26.6 Å². The third-order valence-electron chi connectivity index (χ3n) is 5.36. The Hall–Kier alpha value is -2.77. The number of carbonyl (C=O) groups excluding carboxylic acids is 3. The maximum absolute atomic E-state index is 12.9. The molecule has 184 valence electrons. The normalized spacial score (nSPS) is 18.4. The first kappa shape index (κ1) is 25.8. The number of aromatic nitrogens is 1. The molecule has 0 aliphatic carbocycles. The summed E-state index contributed by atoms with van der Waals surface area (Å²) in [7, 11) is -4.20. The highest BCUT2D eigenvalue weighted by molar-refractivity contribution is 9.10. The molecule has 1 aliphatic heterocycles. The molecule has 0 spiro atoms. The zero-order valence-electron chi connectivity index (χ0n) is 18.6. The maximum atomic E-state index is 12.9. The molecule has 11 nitrogen and oxygen atoms in total. The lowest BCUT2D eigenvalue weighted by Crippen LogP contribution is -2.54. The van der Waals surface area contributed by atoms with E-state index in [-0.39, 0.29) is 29.4 Å². The molecule has 2 unspecified atom stereocenters. The Labute approximate surface area is 205 Å². The van der Waals surface area contributed by atoms with Crippen LogP contribution >= 0.6 is 15.9 Å². The molecule has 1 fully saturated rings. The van der Waals surface area contributed by atoms with Gasteiger partial charge in [-0.05, 0) is 52.9 Å². The van der Waals surface area contributed by atoms with E-state index in [0.29, 0.717) is 11.1 Å². The molecule has 0 aromatic carbocycles. The molecule has 13 heteroatoms. The van der Waals surface area contributed by atoms with Crippen LogP contribution in [0.25, 0.3) is 0 Å².